The highest BCUT2D eigenvalue weighted by Crippen LogP contribution is 2.47. The van der Waals surface area contributed by atoms with Crippen molar-refractivity contribution in [3.63, 3.8) is 0 Å². The van der Waals surface area contributed by atoms with Crippen LogP contribution in [0, 0.1) is 0 Å². The first-order valence-corrected chi connectivity index (χ1v) is 8.56. The van der Waals surface area contributed by atoms with Gasteiger partial charge in [0.25, 0.3) is 0 Å². The van der Waals surface area contributed by atoms with Crippen LogP contribution in [-0.2, 0) is 5.41 Å². The van der Waals surface area contributed by atoms with E-state index >= 15 is 0 Å². The van der Waals surface area contributed by atoms with Gasteiger partial charge in [0.15, 0.2) is 11.6 Å². The second kappa shape index (κ2) is 7.74. The molecule has 0 radical (unpaired) electrons. The molecule has 0 aliphatic rings. The Balaban J connectivity index is 2.87. The Labute approximate surface area is 169 Å². The van der Waals surface area contributed by atoms with Gasteiger partial charge in [-0.2, -0.15) is 13.2 Å². The minimum absolute atomic E-state index is 0.249. The Morgan fingerprint density at radius 2 is 1.10 bits per heavy atom. The number of hydrogen-bond acceptors (Lipinski definition) is 4. The van der Waals surface area contributed by atoms with Crippen molar-refractivity contribution in [2.24, 2.45) is 0 Å². The topological polar surface area (TPSA) is 109 Å². The van der Waals surface area contributed by atoms with Crippen LogP contribution in [0.5, 0.6) is 0 Å². The number of benzene rings is 2. The predicted octanol–water partition coefficient (Wildman–Crippen LogP) is 4.36. The van der Waals surface area contributed by atoms with Crippen LogP contribution in [0.2, 0.25) is 0 Å². The normalized spacial score (nSPS) is 13.4. The average molecular weight is 422 g/mol. The molecule has 0 amide bonds. The van der Waals surface area contributed by atoms with Gasteiger partial charge in [-0.3, -0.25) is 9.59 Å². The van der Waals surface area contributed by atoms with Crippen molar-refractivity contribution >= 4 is 23.5 Å². The number of alkyl halides is 3. The van der Waals surface area contributed by atoms with Gasteiger partial charge in [0, 0.05) is 11.1 Å². The number of carboxylic acids is 2. The molecule has 2 N–H and O–H groups in total. The summed E-state index contributed by atoms with van der Waals surface area (Å²) in [4.78, 5) is 46.3. The minimum atomic E-state index is -4.95. The molecule has 0 bridgehead atoms. The lowest BCUT2D eigenvalue weighted by Crippen LogP contribution is -2.41. The van der Waals surface area contributed by atoms with E-state index in [9.17, 15) is 42.6 Å². The molecule has 6 nitrogen and oxygen atoms in total. The lowest BCUT2D eigenvalue weighted by molar-refractivity contribution is -0.173. The van der Waals surface area contributed by atoms with Crippen molar-refractivity contribution in [1.29, 1.82) is 0 Å². The molecule has 2 aromatic carbocycles. The first-order chi connectivity index (χ1) is 13.7. The maximum absolute atomic E-state index is 14.2. The summed E-state index contributed by atoms with van der Waals surface area (Å²) in [5.74, 6) is -4.41. The molecule has 30 heavy (non-hydrogen) atoms. The lowest BCUT2D eigenvalue weighted by Gasteiger charge is -2.34. The van der Waals surface area contributed by atoms with E-state index in [1.165, 1.54) is 0 Å². The zero-order chi connectivity index (χ0) is 23.0. The number of carbonyl (C=O) groups is 4. The van der Waals surface area contributed by atoms with Crippen molar-refractivity contribution in [2.75, 3.05) is 0 Å². The summed E-state index contributed by atoms with van der Waals surface area (Å²) in [7, 11) is 0. The molecule has 0 aliphatic carbocycles. The zero-order valence-corrected chi connectivity index (χ0v) is 16.1. The second-order valence-corrected chi connectivity index (χ2v) is 6.87. The predicted molar refractivity (Wildman–Crippen MR) is 99.3 cm³/mol. The Morgan fingerprint density at radius 3 is 1.47 bits per heavy atom. The number of Topliss-reactive ketones (excluding diaryl/α,β-unsaturated/α-hetero) is 2. The largest absolute Gasteiger partial charge is 0.478 e. The van der Waals surface area contributed by atoms with Crippen molar-refractivity contribution < 1.29 is 42.6 Å². The summed E-state index contributed by atoms with van der Waals surface area (Å²) < 4.78 is 42.7. The van der Waals surface area contributed by atoms with E-state index < -0.39 is 62.9 Å². The van der Waals surface area contributed by atoms with Gasteiger partial charge in [-0.05, 0) is 50.1 Å². The third kappa shape index (κ3) is 3.83. The monoisotopic (exact) mass is 422 g/mol. The minimum Gasteiger partial charge on any atom is -0.478 e. The van der Waals surface area contributed by atoms with Crippen molar-refractivity contribution in [3.8, 4) is 0 Å². The Bertz CT molecular complexity index is 993. The van der Waals surface area contributed by atoms with Crippen LogP contribution in [-0.4, -0.2) is 39.9 Å². The number of ketones is 2. The number of hydrogen-bond donors (Lipinski definition) is 2. The second-order valence-electron chi connectivity index (χ2n) is 6.87. The van der Waals surface area contributed by atoms with Gasteiger partial charge in [-0.25, -0.2) is 9.59 Å². The van der Waals surface area contributed by atoms with E-state index in [1.54, 1.807) is 0 Å². The number of rotatable bonds is 6. The molecule has 0 aliphatic heterocycles. The zero-order valence-electron chi connectivity index (χ0n) is 16.1. The molecule has 0 spiro atoms. The van der Waals surface area contributed by atoms with Gasteiger partial charge >= 0.3 is 18.1 Å². The summed E-state index contributed by atoms with van der Waals surface area (Å²) in [5.41, 5.74) is -5.41. The van der Waals surface area contributed by atoms with Crippen molar-refractivity contribution in [2.45, 2.75) is 32.4 Å². The third-order valence-electron chi connectivity index (χ3n) is 4.98. The summed E-state index contributed by atoms with van der Waals surface area (Å²) in [5, 5.41) is 18.5. The number of aromatic carboxylic acids is 2. The summed E-state index contributed by atoms with van der Waals surface area (Å²) in [6.07, 6.45) is -4.95. The Hall–Kier alpha value is -3.49. The van der Waals surface area contributed by atoms with Gasteiger partial charge in [0.1, 0.15) is 5.41 Å². The maximum Gasteiger partial charge on any atom is 0.402 e. The number of halogens is 3. The fraction of sp³-hybridized carbons (Fsp3) is 0.238. The quantitative estimate of drug-likeness (QED) is 0.670. The van der Waals surface area contributed by atoms with Gasteiger partial charge in [0.2, 0.25) is 0 Å². The summed E-state index contributed by atoms with van der Waals surface area (Å²) in [6, 6.07) is 5.45. The van der Waals surface area contributed by atoms with Crippen molar-refractivity contribution in [1.82, 2.24) is 0 Å². The highest BCUT2D eigenvalue weighted by atomic mass is 19.4. The molecule has 0 heterocycles. The van der Waals surface area contributed by atoms with Crippen LogP contribution in [0.3, 0.4) is 0 Å². The number of carbonyl (C=O) groups excluding carboxylic acids is 2. The SMILES string of the molecule is CC(=O)c1cc(C(C)(c2ccc(C(C)=O)c(C(=O)O)c2)C(F)(F)F)ccc1C(=O)O. The van der Waals surface area contributed by atoms with Crippen LogP contribution in [0.4, 0.5) is 13.2 Å². The fourth-order valence-electron chi connectivity index (χ4n) is 3.17. The van der Waals surface area contributed by atoms with E-state index in [-0.39, 0.29) is 5.56 Å². The molecule has 2 rings (SSSR count). The molecular formula is C21H17F3O6. The first-order valence-electron chi connectivity index (χ1n) is 8.56. The van der Waals surface area contributed by atoms with E-state index in [0.717, 1.165) is 57.2 Å². The summed E-state index contributed by atoms with van der Waals surface area (Å²) >= 11 is 0. The van der Waals surface area contributed by atoms with Gasteiger partial charge in [0.05, 0.1) is 11.1 Å². The summed E-state index contributed by atoms with van der Waals surface area (Å²) in [6.45, 7) is 2.91. The molecular weight excluding hydrogens is 405 g/mol. The average Bonchev–Trinajstić information content (AvgIpc) is 2.65. The fourth-order valence-corrected chi connectivity index (χ4v) is 3.17. The van der Waals surface area contributed by atoms with E-state index in [0.29, 0.717) is 0 Å². The van der Waals surface area contributed by atoms with Crippen LogP contribution in [0.25, 0.3) is 0 Å². The molecule has 1 unspecified atom stereocenters. The highest BCUT2D eigenvalue weighted by Gasteiger charge is 2.54. The van der Waals surface area contributed by atoms with Crippen LogP contribution >= 0.6 is 0 Å². The molecule has 158 valence electrons. The van der Waals surface area contributed by atoms with Crippen LogP contribution in [0.15, 0.2) is 36.4 Å². The van der Waals surface area contributed by atoms with Crippen LogP contribution < -0.4 is 0 Å². The molecule has 0 fully saturated rings. The standard InChI is InChI=1S/C21H17F3O6/c1-10(25)14-6-4-13(9-17(14)19(29)30)20(3,21(22,23)24)12-5-7-15(18(27)28)16(8-12)11(2)26/h4-9H,1-3H3,(H,27,28)(H,29,30). The molecule has 0 saturated heterocycles. The van der Waals surface area contributed by atoms with Crippen molar-refractivity contribution in [3.05, 3.63) is 69.8 Å². The first kappa shape index (κ1) is 22.8. The van der Waals surface area contributed by atoms with Gasteiger partial charge < -0.3 is 10.2 Å². The van der Waals surface area contributed by atoms with Gasteiger partial charge in [-0.15, -0.1) is 0 Å². The van der Waals surface area contributed by atoms with E-state index in [2.05, 4.69) is 0 Å². The van der Waals surface area contributed by atoms with E-state index in [1.807, 2.05) is 0 Å². The third-order valence-corrected chi connectivity index (χ3v) is 4.98. The molecule has 0 saturated carbocycles. The molecule has 9 heteroatoms. The number of carboxylic acid groups (broad SMARTS) is 2. The molecule has 0 aromatic heterocycles. The lowest BCUT2D eigenvalue weighted by atomic mass is 9.73. The molecule has 1 atom stereocenters. The highest BCUT2D eigenvalue weighted by molar-refractivity contribution is 6.05. The smallest absolute Gasteiger partial charge is 0.402 e. The van der Waals surface area contributed by atoms with Gasteiger partial charge in [-0.1, -0.05) is 18.2 Å². The Morgan fingerprint density at radius 1 is 0.700 bits per heavy atom. The van der Waals surface area contributed by atoms with E-state index in [4.69, 9.17) is 0 Å². The van der Waals surface area contributed by atoms with Crippen LogP contribution in [0.1, 0.15) is 73.3 Å². The molecule has 2 aromatic rings. The Kier molecular flexibility index (Phi) is 5.88. The maximum atomic E-state index is 14.2.